The van der Waals surface area contributed by atoms with E-state index >= 15 is 0 Å². The molecule has 0 bridgehead atoms. The Morgan fingerprint density at radius 3 is 2.56 bits per heavy atom. The molecule has 27 heavy (non-hydrogen) atoms. The minimum Gasteiger partial charge on any atom is -0.496 e. The fourth-order valence-corrected chi connectivity index (χ4v) is 4.23. The van der Waals surface area contributed by atoms with E-state index in [1.54, 1.807) is 7.11 Å². The van der Waals surface area contributed by atoms with E-state index in [9.17, 15) is 15.8 Å². The maximum atomic E-state index is 9.91. The van der Waals surface area contributed by atoms with Crippen molar-refractivity contribution in [1.29, 1.82) is 15.8 Å². The van der Waals surface area contributed by atoms with Crippen LogP contribution < -0.4 is 10.5 Å². The lowest BCUT2D eigenvalue weighted by atomic mass is 9.60. The number of hydrogen-bond donors (Lipinski definition) is 1. The van der Waals surface area contributed by atoms with Gasteiger partial charge in [0.15, 0.2) is 0 Å². The van der Waals surface area contributed by atoms with Crippen molar-refractivity contribution in [3.05, 3.63) is 52.7 Å². The van der Waals surface area contributed by atoms with Crippen LogP contribution in [0.2, 0.25) is 0 Å². The summed E-state index contributed by atoms with van der Waals surface area (Å²) >= 11 is 0. The zero-order valence-corrected chi connectivity index (χ0v) is 15.4. The van der Waals surface area contributed by atoms with Crippen LogP contribution in [0.5, 0.6) is 5.75 Å². The van der Waals surface area contributed by atoms with E-state index in [4.69, 9.17) is 10.5 Å². The maximum absolute atomic E-state index is 9.91. The summed E-state index contributed by atoms with van der Waals surface area (Å²) in [4.78, 5) is 2.23. The van der Waals surface area contributed by atoms with Crippen LogP contribution in [-0.2, 0) is 0 Å². The normalized spacial score (nSPS) is 24.0. The fourth-order valence-electron chi connectivity index (χ4n) is 4.23. The number of para-hydroxylation sites is 1. The van der Waals surface area contributed by atoms with E-state index in [1.165, 1.54) is 0 Å². The predicted molar refractivity (Wildman–Crippen MR) is 99.9 cm³/mol. The number of methoxy groups -OCH3 is 1. The van der Waals surface area contributed by atoms with Crippen molar-refractivity contribution in [3.63, 3.8) is 0 Å². The van der Waals surface area contributed by atoms with Gasteiger partial charge in [-0.3, -0.25) is 4.90 Å². The van der Waals surface area contributed by atoms with Gasteiger partial charge >= 0.3 is 0 Å². The minimum atomic E-state index is -1.59. The van der Waals surface area contributed by atoms with E-state index in [0.29, 0.717) is 24.4 Å². The summed E-state index contributed by atoms with van der Waals surface area (Å²) in [6.45, 7) is 4.21. The highest BCUT2D eigenvalue weighted by atomic mass is 16.5. The van der Waals surface area contributed by atoms with Crippen molar-refractivity contribution in [2.24, 2.45) is 17.1 Å². The third-order valence-corrected chi connectivity index (χ3v) is 5.64. The lowest BCUT2D eigenvalue weighted by molar-refractivity contribution is 0.233. The number of nitrogens with two attached hydrogens (primary N) is 1. The smallest absolute Gasteiger partial charge is 0.204 e. The average molecular weight is 359 g/mol. The number of fused-ring (bicyclic) bond motifs is 1. The van der Waals surface area contributed by atoms with Crippen LogP contribution in [0.25, 0.3) is 0 Å². The second-order valence-electron chi connectivity index (χ2n) is 6.75. The lowest BCUT2D eigenvalue weighted by Crippen LogP contribution is -2.47. The molecule has 136 valence electrons. The number of nitrogens with zero attached hydrogens (tertiary/aromatic N) is 4. The molecule has 0 saturated heterocycles. The summed E-state index contributed by atoms with van der Waals surface area (Å²) in [6, 6.07) is 13.9. The van der Waals surface area contributed by atoms with Gasteiger partial charge in [-0.15, -0.1) is 0 Å². The first kappa shape index (κ1) is 18.5. The molecule has 3 rings (SSSR count). The lowest BCUT2D eigenvalue weighted by Gasteiger charge is -2.45. The number of nitriles is 3. The largest absolute Gasteiger partial charge is 0.496 e. The third kappa shape index (κ3) is 2.65. The Bertz CT molecular complexity index is 927. The van der Waals surface area contributed by atoms with Gasteiger partial charge in [0.2, 0.25) is 5.41 Å². The molecule has 2 atom stereocenters. The summed E-state index contributed by atoms with van der Waals surface area (Å²) in [7, 11) is 1.59. The zero-order chi connectivity index (χ0) is 19.6. The molecule has 6 heteroatoms. The van der Waals surface area contributed by atoms with Gasteiger partial charge in [-0.1, -0.05) is 31.2 Å². The van der Waals surface area contributed by atoms with Crippen LogP contribution in [0.4, 0.5) is 0 Å². The van der Waals surface area contributed by atoms with Crippen molar-refractivity contribution in [2.45, 2.75) is 12.8 Å². The standard InChI is InChI=1S/C21H21N5O/c1-3-26-9-8-17-16(11-26)19(14-6-4-5-7-18(14)27-2)15(10-22)20(25)21(17,12-23)13-24/h4-8,16,19H,3,9,11,25H2,1-2H3/t16-,19+/m1/s1. The SMILES string of the molecule is CCN1CC=C2[C@@H](C1)[C@@H](c1ccccc1OC)C(C#N)=C(N)C2(C#N)C#N. The highest BCUT2D eigenvalue weighted by Crippen LogP contribution is 2.53. The highest BCUT2D eigenvalue weighted by molar-refractivity contribution is 5.60. The number of rotatable bonds is 3. The Morgan fingerprint density at radius 2 is 1.96 bits per heavy atom. The van der Waals surface area contributed by atoms with Crippen molar-refractivity contribution in [1.82, 2.24) is 4.90 Å². The first-order valence-corrected chi connectivity index (χ1v) is 8.86. The van der Waals surface area contributed by atoms with Crippen LogP contribution in [0, 0.1) is 45.3 Å². The molecule has 0 radical (unpaired) electrons. The number of hydrogen-bond acceptors (Lipinski definition) is 6. The summed E-state index contributed by atoms with van der Waals surface area (Å²) in [5.41, 5.74) is 6.58. The molecule has 1 aliphatic heterocycles. The molecule has 0 unspecified atom stereocenters. The summed E-state index contributed by atoms with van der Waals surface area (Å²) in [6.07, 6.45) is 1.94. The molecule has 6 nitrogen and oxygen atoms in total. The summed E-state index contributed by atoms with van der Waals surface area (Å²) in [5, 5.41) is 29.7. The van der Waals surface area contributed by atoms with Gasteiger partial charge < -0.3 is 10.5 Å². The number of likely N-dealkylation sites (N-methyl/N-ethyl adjacent to an activating group) is 1. The molecular weight excluding hydrogens is 338 g/mol. The van der Waals surface area contributed by atoms with Gasteiger partial charge in [0.05, 0.1) is 36.6 Å². The maximum Gasteiger partial charge on any atom is 0.204 e. The molecular formula is C21H21N5O. The van der Waals surface area contributed by atoms with E-state index in [1.807, 2.05) is 30.3 Å². The second-order valence-corrected chi connectivity index (χ2v) is 6.75. The van der Waals surface area contributed by atoms with Gasteiger partial charge in [0, 0.05) is 30.5 Å². The van der Waals surface area contributed by atoms with Gasteiger partial charge in [-0.25, -0.2) is 0 Å². The molecule has 0 aromatic heterocycles. The van der Waals surface area contributed by atoms with Crippen LogP contribution in [0.3, 0.4) is 0 Å². The van der Waals surface area contributed by atoms with E-state index < -0.39 is 5.41 Å². The molecule has 0 saturated carbocycles. The van der Waals surface area contributed by atoms with Crippen LogP contribution in [0.15, 0.2) is 47.2 Å². The number of benzene rings is 1. The Balaban J connectivity index is 2.33. The summed E-state index contributed by atoms with van der Waals surface area (Å²) < 4.78 is 5.53. The molecule has 0 fully saturated rings. The van der Waals surface area contributed by atoms with Crippen LogP contribution >= 0.6 is 0 Å². The van der Waals surface area contributed by atoms with E-state index in [2.05, 4.69) is 30.0 Å². The molecule has 0 spiro atoms. The van der Waals surface area contributed by atoms with Crippen LogP contribution in [-0.4, -0.2) is 31.6 Å². The highest BCUT2D eigenvalue weighted by Gasteiger charge is 2.52. The van der Waals surface area contributed by atoms with E-state index in [0.717, 1.165) is 12.1 Å². The van der Waals surface area contributed by atoms with Gasteiger partial charge in [0.25, 0.3) is 0 Å². The van der Waals surface area contributed by atoms with Crippen molar-refractivity contribution in [3.8, 4) is 24.0 Å². The fraction of sp³-hybridized carbons (Fsp3) is 0.381. The van der Waals surface area contributed by atoms with Crippen molar-refractivity contribution < 1.29 is 4.74 Å². The molecule has 1 aromatic rings. The van der Waals surface area contributed by atoms with Crippen molar-refractivity contribution in [2.75, 3.05) is 26.7 Å². The Kier molecular flexibility index (Phi) is 4.91. The zero-order valence-electron chi connectivity index (χ0n) is 15.4. The third-order valence-electron chi connectivity index (χ3n) is 5.64. The molecule has 2 N–H and O–H groups in total. The summed E-state index contributed by atoms with van der Waals surface area (Å²) in [5.74, 6) is 0.107. The monoisotopic (exact) mass is 359 g/mol. The Hall–Kier alpha value is -3.27. The molecule has 0 amide bonds. The van der Waals surface area contributed by atoms with E-state index in [-0.39, 0.29) is 23.1 Å². The molecule has 1 aromatic carbocycles. The number of ether oxygens (including phenoxy) is 1. The quantitative estimate of drug-likeness (QED) is 0.830. The average Bonchev–Trinajstić information content (AvgIpc) is 2.73. The Morgan fingerprint density at radius 1 is 1.26 bits per heavy atom. The predicted octanol–water partition coefficient (Wildman–Crippen LogP) is 2.44. The van der Waals surface area contributed by atoms with Crippen molar-refractivity contribution >= 4 is 0 Å². The minimum absolute atomic E-state index is 0.0401. The number of allylic oxidation sites excluding steroid dienone is 2. The molecule has 1 aliphatic carbocycles. The van der Waals surface area contributed by atoms with Gasteiger partial charge in [-0.05, 0) is 18.2 Å². The first-order chi connectivity index (χ1) is 13.1. The van der Waals surface area contributed by atoms with Gasteiger partial charge in [0.1, 0.15) is 5.75 Å². The first-order valence-electron chi connectivity index (χ1n) is 8.86. The Labute approximate surface area is 159 Å². The second kappa shape index (κ2) is 7.16. The molecule has 1 heterocycles. The van der Waals surface area contributed by atoms with Crippen LogP contribution in [0.1, 0.15) is 18.4 Å². The topological polar surface area (TPSA) is 110 Å². The van der Waals surface area contributed by atoms with Gasteiger partial charge in [-0.2, -0.15) is 15.8 Å². The molecule has 2 aliphatic rings.